The van der Waals surface area contributed by atoms with E-state index in [4.69, 9.17) is 0 Å². The molecule has 0 saturated carbocycles. The molecule has 0 aliphatic carbocycles. The maximum absolute atomic E-state index is 9.84. The van der Waals surface area contributed by atoms with Gasteiger partial charge in [-0.3, -0.25) is 0 Å². The molecule has 0 amide bonds. The molecule has 0 aromatic heterocycles. The Bertz CT molecular complexity index is 55.5. The molecule has 0 saturated heterocycles. The summed E-state index contributed by atoms with van der Waals surface area (Å²) in [6, 6.07) is 0. The monoisotopic (exact) mass is 346 g/mol. The maximum atomic E-state index is 9.84. The molecule has 0 bridgehead atoms. The van der Waals surface area contributed by atoms with Gasteiger partial charge in [-0.15, -0.1) is 0 Å². The molecule has 2 nitrogen and oxygen atoms in total. The van der Waals surface area contributed by atoms with Crippen LogP contribution >= 0.6 is 12.0 Å². The van der Waals surface area contributed by atoms with Gasteiger partial charge in [0.25, 0.3) is 0 Å². The summed E-state index contributed by atoms with van der Waals surface area (Å²) in [5, 5.41) is 0. The van der Waals surface area contributed by atoms with E-state index in [1.165, 1.54) is 6.92 Å². The van der Waals surface area contributed by atoms with E-state index < -0.39 is 22.3 Å². The predicted octanol–water partition coefficient (Wildman–Crippen LogP) is 0.479. The van der Waals surface area contributed by atoms with Gasteiger partial charge in [-0.25, -0.2) is 0 Å². The van der Waals surface area contributed by atoms with Crippen molar-refractivity contribution in [2.45, 2.75) is 6.92 Å². The van der Waals surface area contributed by atoms with E-state index in [0.29, 0.717) is 0 Å². The molecule has 0 rings (SSSR count). The first-order valence-electron chi connectivity index (χ1n) is 1.30. The molecular formula is C2H3BrO2Pb. The van der Waals surface area contributed by atoms with Crippen molar-refractivity contribution in [3.63, 3.8) is 0 Å². The van der Waals surface area contributed by atoms with Crippen LogP contribution in [0.3, 0.4) is 0 Å². The van der Waals surface area contributed by atoms with E-state index in [2.05, 4.69) is 14.7 Å². The van der Waals surface area contributed by atoms with Crippen LogP contribution in [-0.2, 0) is 7.48 Å². The van der Waals surface area contributed by atoms with Gasteiger partial charge in [-0.2, -0.15) is 0 Å². The Kier molecular flexibility index (Phi) is 4.63. The Morgan fingerprint density at radius 3 is 2.50 bits per heavy atom. The van der Waals surface area contributed by atoms with Crippen molar-refractivity contribution >= 4 is 40.2 Å². The average Bonchev–Trinajstić information content (AvgIpc) is 1.35. The molecule has 0 fully saturated rings. The van der Waals surface area contributed by atoms with Crippen LogP contribution < -0.4 is 0 Å². The number of hydrogen-bond donors (Lipinski definition) is 0. The van der Waals surface area contributed by atoms with E-state index in [-0.39, 0.29) is 5.97 Å². The fraction of sp³-hybridized carbons (Fsp3) is 0.500. The summed E-state index contributed by atoms with van der Waals surface area (Å²) in [7, 11) is 0. The van der Waals surface area contributed by atoms with Gasteiger partial charge in [-0.1, -0.05) is 0 Å². The number of carbonyl (C=O) groups excluding carboxylic acids is 1. The van der Waals surface area contributed by atoms with Crippen LogP contribution in [0.15, 0.2) is 0 Å². The molecule has 0 aliphatic heterocycles. The van der Waals surface area contributed by atoms with Crippen LogP contribution in [0.4, 0.5) is 0 Å². The molecule has 0 atom stereocenters. The van der Waals surface area contributed by atoms with Crippen molar-refractivity contribution in [2.75, 3.05) is 0 Å². The number of hydrogen-bond acceptors (Lipinski definition) is 2. The molecule has 6 heavy (non-hydrogen) atoms. The molecule has 0 spiro atoms. The summed E-state index contributed by atoms with van der Waals surface area (Å²) >= 11 is 2.04. The van der Waals surface area contributed by atoms with Crippen LogP contribution in [0, 0.1) is 0 Å². The van der Waals surface area contributed by atoms with Gasteiger partial charge in [0.05, 0.1) is 0 Å². The van der Waals surface area contributed by atoms with E-state index in [1.54, 1.807) is 0 Å². The standard InChI is InChI=1S/C2H4O2.BrH.Pb/c1-2(3)4;;/h1H3,(H,3,4);1H;/q;;+2/p-2. The van der Waals surface area contributed by atoms with Crippen LogP contribution in [0.25, 0.3) is 0 Å². The van der Waals surface area contributed by atoms with Gasteiger partial charge in [-0.05, 0) is 0 Å². The second kappa shape index (κ2) is 4.04. The van der Waals surface area contributed by atoms with Crippen molar-refractivity contribution < 1.29 is 7.48 Å². The Labute approximate surface area is 54.4 Å². The molecular weight excluding hydrogens is 343 g/mol. The molecule has 0 heterocycles. The molecule has 0 aromatic carbocycles. The van der Waals surface area contributed by atoms with Gasteiger partial charge >= 0.3 is 54.6 Å². The summed E-state index contributed by atoms with van der Waals surface area (Å²) in [4.78, 5) is 9.84. The third-order valence-corrected chi connectivity index (χ3v) is 3.02. The first kappa shape index (κ1) is 6.87. The van der Waals surface area contributed by atoms with Crippen LogP contribution in [0.1, 0.15) is 6.92 Å². The normalized spacial score (nSPS) is 7.67. The fourth-order valence-electron chi connectivity index (χ4n) is 0.0543. The molecule has 0 aromatic rings. The molecule has 34 valence electrons. The van der Waals surface area contributed by atoms with Crippen molar-refractivity contribution in [1.29, 1.82) is 0 Å². The van der Waals surface area contributed by atoms with E-state index >= 15 is 0 Å². The number of carbonyl (C=O) groups is 1. The second-order valence-corrected chi connectivity index (χ2v) is 4.90. The molecule has 0 N–H and O–H groups in total. The Morgan fingerprint density at radius 2 is 2.50 bits per heavy atom. The Morgan fingerprint density at radius 1 is 2.00 bits per heavy atom. The zero-order chi connectivity index (χ0) is 4.99. The Hall–Kier alpha value is 0.872. The third kappa shape index (κ3) is 4.87. The second-order valence-electron chi connectivity index (χ2n) is 0.671. The summed E-state index contributed by atoms with van der Waals surface area (Å²) in [5.74, 6) is -0.171. The molecule has 0 unspecified atom stereocenters. The van der Waals surface area contributed by atoms with E-state index in [1.807, 2.05) is 0 Å². The van der Waals surface area contributed by atoms with E-state index in [0.717, 1.165) is 0 Å². The fourth-order valence-corrected chi connectivity index (χ4v) is 2.48. The molecule has 2 radical (unpaired) electrons. The SMILES string of the molecule is CC(=O)[O][Pb][Br]. The number of halogens is 1. The minimum absolute atomic E-state index is 0.171. The zero-order valence-corrected chi connectivity index (χ0v) is 8.67. The van der Waals surface area contributed by atoms with Gasteiger partial charge < -0.3 is 0 Å². The first-order valence-corrected chi connectivity index (χ1v) is 11.3. The predicted molar refractivity (Wildman–Crippen MR) is 26.4 cm³/mol. The van der Waals surface area contributed by atoms with Gasteiger partial charge in [0.1, 0.15) is 0 Å². The Balaban J connectivity index is 2.83. The first-order chi connectivity index (χ1) is 2.77. The summed E-state index contributed by atoms with van der Waals surface area (Å²) < 4.78 is 4.51. The minimum atomic E-state index is -1.06. The van der Waals surface area contributed by atoms with Crippen LogP contribution in [0.2, 0.25) is 0 Å². The zero-order valence-electron chi connectivity index (χ0n) is 3.19. The average molecular weight is 346 g/mol. The van der Waals surface area contributed by atoms with Gasteiger partial charge in [0.2, 0.25) is 0 Å². The summed E-state index contributed by atoms with van der Waals surface area (Å²) in [6.07, 6.45) is 0. The summed E-state index contributed by atoms with van der Waals surface area (Å²) in [6.45, 7) is 1.41. The topological polar surface area (TPSA) is 26.3 Å². The van der Waals surface area contributed by atoms with Crippen molar-refractivity contribution in [3.05, 3.63) is 0 Å². The van der Waals surface area contributed by atoms with Crippen molar-refractivity contribution in [3.8, 4) is 0 Å². The third-order valence-electron chi connectivity index (χ3n) is 0.182. The molecule has 0 aliphatic rings. The summed E-state index contributed by atoms with van der Waals surface area (Å²) in [5.41, 5.74) is 0. The molecule has 4 heteroatoms. The van der Waals surface area contributed by atoms with Crippen LogP contribution in [-0.4, -0.2) is 28.2 Å². The van der Waals surface area contributed by atoms with Gasteiger partial charge in [0, 0.05) is 0 Å². The van der Waals surface area contributed by atoms with Gasteiger partial charge in [0.15, 0.2) is 0 Å². The van der Waals surface area contributed by atoms with Crippen LogP contribution in [0.5, 0.6) is 0 Å². The van der Waals surface area contributed by atoms with Crippen molar-refractivity contribution in [2.24, 2.45) is 0 Å². The number of rotatable bonds is 1. The quantitative estimate of drug-likeness (QED) is 0.646. The van der Waals surface area contributed by atoms with E-state index in [9.17, 15) is 4.79 Å². The van der Waals surface area contributed by atoms with Crippen molar-refractivity contribution in [1.82, 2.24) is 0 Å².